The first-order chi connectivity index (χ1) is 11.0. The molecule has 3 rings (SSSR count). The van der Waals surface area contributed by atoms with Crippen LogP contribution in [0, 0.1) is 0 Å². The second-order valence-electron chi connectivity index (χ2n) is 5.28. The molecule has 9 heteroatoms. The molecule has 6 nitrogen and oxygen atoms in total. The average molecular weight is 417 g/mol. The Morgan fingerprint density at radius 2 is 2.00 bits per heavy atom. The summed E-state index contributed by atoms with van der Waals surface area (Å²) in [4.78, 5) is 10.9. The summed E-state index contributed by atoms with van der Waals surface area (Å²) in [5.74, 6) is 0.681. The fourth-order valence-electron chi connectivity index (χ4n) is 2.41. The van der Waals surface area contributed by atoms with Crippen molar-refractivity contribution in [2.75, 3.05) is 18.0 Å². The van der Waals surface area contributed by atoms with Gasteiger partial charge in [-0.25, -0.2) is 23.1 Å². The van der Waals surface area contributed by atoms with Crippen molar-refractivity contribution in [3.8, 4) is 0 Å². The Bertz CT molecular complexity index is 773. The smallest absolute Gasteiger partial charge is 0.250 e. The van der Waals surface area contributed by atoms with Crippen molar-refractivity contribution in [2.24, 2.45) is 0 Å². The van der Waals surface area contributed by atoms with Gasteiger partial charge in [0.15, 0.2) is 0 Å². The number of halogens is 1. The van der Waals surface area contributed by atoms with Gasteiger partial charge >= 0.3 is 0 Å². The van der Waals surface area contributed by atoms with Crippen LogP contribution in [-0.2, 0) is 16.6 Å². The number of thiophene rings is 1. The predicted molar refractivity (Wildman–Crippen MR) is 94.1 cm³/mol. The van der Waals surface area contributed by atoms with Crippen LogP contribution in [0.2, 0.25) is 0 Å². The summed E-state index contributed by atoms with van der Waals surface area (Å²) >= 11 is 4.46. The number of hydrogen-bond acceptors (Lipinski definition) is 6. The molecule has 1 aliphatic rings. The molecule has 1 aliphatic heterocycles. The molecule has 2 aromatic heterocycles. The topological polar surface area (TPSA) is 75.2 Å². The molecule has 2 aromatic rings. The number of aromatic nitrogens is 2. The molecule has 1 saturated heterocycles. The summed E-state index contributed by atoms with van der Waals surface area (Å²) < 4.78 is 28.1. The highest BCUT2D eigenvalue weighted by Crippen LogP contribution is 2.26. The lowest BCUT2D eigenvalue weighted by Gasteiger charge is -2.26. The van der Waals surface area contributed by atoms with Crippen molar-refractivity contribution in [1.82, 2.24) is 14.7 Å². The SMILES string of the molecule is O=S(=O)(NCc1ccnc(N2CCCCC2)n1)c1ccc(Br)s1. The average Bonchev–Trinajstić information content (AvgIpc) is 3.02. The zero-order valence-corrected chi connectivity index (χ0v) is 15.6. The number of nitrogens with zero attached hydrogens (tertiary/aromatic N) is 3. The molecule has 23 heavy (non-hydrogen) atoms. The van der Waals surface area contributed by atoms with E-state index in [9.17, 15) is 8.42 Å². The fourth-order valence-corrected chi connectivity index (χ4v) is 5.46. The lowest BCUT2D eigenvalue weighted by atomic mass is 10.1. The third-order valence-corrected chi connectivity index (χ3v) is 7.11. The second-order valence-corrected chi connectivity index (χ2v) is 9.74. The van der Waals surface area contributed by atoms with Gasteiger partial charge in [-0.2, -0.15) is 0 Å². The Balaban J connectivity index is 1.68. The van der Waals surface area contributed by atoms with Crippen molar-refractivity contribution < 1.29 is 8.42 Å². The first kappa shape index (κ1) is 16.8. The predicted octanol–water partition coefficient (Wildman–Crippen LogP) is 2.77. The van der Waals surface area contributed by atoms with Gasteiger partial charge in [0.1, 0.15) is 4.21 Å². The molecule has 1 N–H and O–H groups in total. The summed E-state index contributed by atoms with van der Waals surface area (Å²) in [6.07, 6.45) is 5.22. The molecule has 0 atom stereocenters. The van der Waals surface area contributed by atoms with Crippen molar-refractivity contribution in [3.05, 3.63) is 33.9 Å². The van der Waals surface area contributed by atoms with E-state index in [0.717, 1.165) is 29.7 Å². The minimum Gasteiger partial charge on any atom is -0.341 e. The first-order valence-electron chi connectivity index (χ1n) is 7.36. The first-order valence-corrected chi connectivity index (χ1v) is 10.5. The number of nitrogens with one attached hydrogen (secondary N) is 1. The van der Waals surface area contributed by atoms with Crippen LogP contribution in [0.25, 0.3) is 0 Å². The lowest BCUT2D eigenvalue weighted by molar-refractivity contribution is 0.566. The van der Waals surface area contributed by atoms with Crippen LogP contribution < -0.4 is 9.62 Å². The van der Waals surface area contributed by atoms with Gasteiger partial charge in [0.2, 0.25) is 16.0 Å². The molecular weight excluding hydrogens is 400 g/mol. The molecule has 0 aliphatic carbocycles. The monoisotopic (exact) mass is 416 g/mol. The summed E-state index contributed by atoms with van der Waals surface area (Å²) in [6.45, 7) is 2.07. The maximum Gasteiger partial charge on any atom is 0.250 e. The van der Waals surface area contributed by atoms with E-state index in [-0.39, 0.29) is 10.8 Å². The van der Waals surface area contributed by atoms with E-state index < -0.39 is 10.0 Å². The molecule has 0 spiro atoms. The Kier molecular flexibility index (Phi) is 5.30. The van der Waals surface area contributed by atoms with Crippen LogP contribution in [-0.4, -0.2) is 31.5 Å². The number of sulfonamides is 1. The molecular formula is C14H17BrN4O2S2. The maximum atomic E-state index is 12.2. The normalized spacial score (nSPS) is 15.8. The van der Waals surface area contributed by atoms with Gasteiger partial charge < -0.3 is 4.90 Å². The van der Waals surface area contributed by atoms with Crippen LogP contribution in [0.4, 0.5) is 5.95 Å². The molecule has 1 fully saturated rings. The van der Waals surface area contributed by atoms with Gasteiger partial charge in [-0.15, -0.1) is 11.3 Å². The second kappa shape index (κ2) is 7.25. The number of hydrogen-bond donors (Lipinski definition) is 1. The van der Waals surface area contributed by atoms with Crippen molar-refractivity contribution >= 4 is 43.2 Å². The highest BCUT2D eigenvalue weighted by Gasteiger charge is 2.17. The quantitative estimate of drug-likeness (QED) is 0.810. The number of anilines is 1. The van der Waals surface area contributed by atoms with Gasteiger partial charge in [-0.3, -0.25) is 0 Å². The van der Waals surface area contributed by atoms with E-state index in [4.69, 9.17) is 0 Å². The zero-order chi connectivity index (χ0) is 16.3. The zero-order valence-electron chi connectivity index (χ0n) is 12.4. The van der Waals surface area contributed by atoms with Gasteiger partial charge in [0, 0.05) is 19.3 Å². The minimum absolute atomic E-state index is 0.154. The van der Waals surface area contributed by atoms with Crippen molar-refractivity contribution in [2.45, 2.75) is 30.0 Å². The van der Waals surface area contributed by atoms with Gasteiger partial charge in [0.05, 0.1) is 16.0 Å². The molecule has 0 radical (unpaired) electrons. The molecule has 0 aromatic carbocycles. The maximum absolute atomic E-state index is 12.2. The van der Waals surface area contributed by atoms with E-state index >= 15 is 0 Å². The van der Waals surface area contributed by atoms with Crippen LogP contribution in [0.3, 0.4) is 0 Å². The van der Waals surface area contributed by atoms with Crippen LogP contribution in [0.5, 0.6) is 0 Å². The van der Waals surface area contributed by atoms with E-state index in [1.165, 1.54) is 17.8 Å². The summed E-state index contributed by atoms with van der Waals surface area (Å²) in [6, 6.07) is 5.04. The Hall–Kier alpha value is -1.03. The van der Waals surface area contributed by atoms with E-state index in [1.54, 1.807) is 24.4 Å². The van der Waals surface area contributed by atoms with Crippen molar-refractivity contribution in [1.29, 1.82) is 0 Å². The van der Waals surface area contributed by atoms with Crippen LogP contribution in [0.1, 0.15) is 25.0 Å². The molecule has 0 saturated carbocycles. The molecule has 3 heterocycles. The molecule has 0 amide bonds. The Labute approximate surface area is 148 Å². The van der Waals surface area contributed by atoms with E-state index in [2.05, 4.69) is 35.5 Å². The van der Waals surface area contributed by atoms with Gasteiger partial charge in [-0.1, -0.05) is 0 Å². The lowest BCUT2D eigenvalue weighted by Crippen LogP contribution is -2.31. The summed E-state index contributed by atoms with van der Waals surface area (Å²) in [5, 5.41) is 0. The number of rotatable bonds is 5. The summed E-state index contributed by atoms with van der Waals surface area (Å²) in [7, 11) is -3.51. The van der Waals surface area contributed by atoms with Gasteiger partial charge in [-0.05, 0) is 53.4 Å². The van der Waals surface area contributed by atoms with Crippen LogP contribution in [0.15, 0.2) is 32.4 Å². The van der Waals surface area contributed by atoms with Crippen LogP contribution >= 0.6 is 27.3 Å². The third-order valence-electron chi connectivity index (χ3n) is 3.60. The highest BCUT2D eigenvalue weighted by molar-refractivity contribution is 9.11. The fraction of sp³-hybridized carbons (Fsp3) is 0.429. The van der Waals surface area contributed by atoms with E-state index in [1.807, 2.05) is 0 Å². The molecule has 124 valence electrons. The third kappa shape index (κ3) is 4.28. The summed E-state index contributed by atoms with van der Waals surface area (Å²) in [5.41, 5.74) is 0.666. The highest BCUT2D eigenvalue weighted by atomic mass is 79.9. The van der Waals surface area contributed by atoms with E-state index in [0.29, 0.717) is 11.6 Å². The molecule has 0 unspecified atom stereocenters. The van der Waals surface area contributed by atoms with Crippen molar-refractivity contribution in [3.63, 3.8) is 0 Å². The number of piperidine rings is 1. The molecule has 0 bridgehead atoms. The largest absolute Gasteiger partial charge is 0.341 e. The Morgan fingerprint density at radius 1 is 1.22 bits per heavy atom. The standard InChI is InChI=1S/C14H17BrN4O2S2/c15-12-4-5-13(22-12)23(20,21)17-10-11-6-7-16-14(18-11)19-8-2-1-3-9-19/h4-7,17H,1-3,8-10H2. The van der Waals surface area contributed by atoms with Gasteiger partial charge in [0.25, 0.3) is 0 Å². The Morgan fingerprint density at radius 3 is 2.70 bits per heavy atom. The minimum atomic E-state index is -3.51.